The van der Waals surface area contributed by atoms with Crippen molar-refractivity contribution in [2.45, 2.75) is 19.8 Å². The summed E-state index contributed by atoms with van der Waals surface area (Å²) >= 11 is 0. The lowest BCUT2D eigenvalue weighted by Crippen LogP contribution is -2.25. The minimum atomic E-state index is 0.597. The molecule has 1 fully saturated rings. The first-order valence-electron chi connectivity index (χ1n) is 6.44. The smallest absolute Gasteiger partial charge is 0.120 e. The van der Waals surface area contributed by atoms with Crippen LogP contribution in [-0.4, -0.2) is 42.1 Å². The molecule has 1 aromatic rings. The molecular weight excluding hydrogens is 228 g/mol. The first-order valence-corrected chi connectivity index (χ1v) is 6.44. The average Bonchev–Trinajstić information content (AvgIpc) is 2.91. The molecule has 4 heteroatoms. The van der Waals surface area contributed by atoms with E-state index in [1.165, 1.54) is 25.9 Å². The summed E-state index contributed by atoms with van der Waals surface area (Å²) in [5.74, 6) is 0.828. The lowest BCUT2D eigenvalue weighted by molar-refractivity contribution is 0.238. The molecule has 1 aromatic carbocycles. The first-order chi connectivity index (χ1) is 8.79. The molecule has 0 atom stereocenters. The van der Waals surface area contributed by atoms with E-state index < -0.39 is 0 Å². The quantitative estimate of drug-likeness (QED) is 0.494. The Morgan fingerprint density at radius 2 is 2.17 bits per heavy atom. The van der Waals surface area contributed by atoms with Gasteiger partial charge in [-0.2, -0.15) is 0 Å². The number of hydrogen-bond donors (Lipinski definition) is 1. The summed E-state index contributed by atoms with van der Waals surface area (Å²) in [5.41, 5.74) is 1.48. The topological polar surface area (TPSA) is 45.1 Å². The number of benzene rings is 1. The van der Waals surface area contributed by atoms with Gasteiger partial charge in [-0.15, -0.1) is 0 Å². The predicted octanol–water partition coefficient (Wildman–Crippen LogP) is 2.36. The van der Waals surface area contributed by atoms with Crippen LogP contribution in [0.1, 0.15) is 25.3 Å². The molecule has 0 saturated carbocycles. The summed E-state index contributed by atoms with van der Waals surface area (Å²) in [4.78, 5) is 2.42. The molecule has 4 nitrogen and oxygen atoms in total. The third-order valence-corrected chi connectivity index (χ3v) is 3.28. The summed E-state index contributed by atoms with van der Waals surface area (Å²) in [6.07, 6.45) is 2.61. The molecule has 0 amide bonds. The predicted molar refractivity (Wildman–Crippen MR) is 71.6 cm³/mol. The Labute approximate surface area is 108 Å². The molecule has 0 radical (unpaired) electrons. The maximum absolute atomic E-state index is 8.74. The fourth-order valence-corrected chi connectivity index (χ4v) is 2.17. The van der Waals surface area contributed by atoms with E-state index in [1.54, 1.807) is 6.92 Å². The molecule has 98 valence electrons. The minimum absolute atomic E-state index is 0.597. The van der Waals surface area contributed by atoms with E-state index in [-0.39, 0.29) is 0 Å². The Kier molecular flexibility index (Phi) is 4.59. The van der Waals surface area contributed by atoms with Crippen LogP contribution < -0.4 is 4.74 Å². The Morgan fingerprint density at radius 3 is 2.89 bits per heavy atom. The summed E-state index contributed by atoms with van der Waals surface area (Å²) in [5, 5.41) is 11.9. The molecule has 0 aliphatic carbocycles. The average molecular weight is 248 g/mol. The lowest BCUT2D eigenvalue weighted by Gasteiger charge is -2.15. The van der Waals surface area contributed by atoms with Gasteiger partial charge < -0.3 is 9.94 Å². The molecule has 1 heterocycles. The molecule has 0 aromatic heterocycles. The van der Waals surface area contributed by atoms with E-state index in [2.05, 4.69) is 10.1 Å². The summed E-state index contributed by atoms with van der Waals surface area (Å²) in [6, 6.07) is 7.65. The van der Waals surface area contributed by atoms with E-state index in [9.17, 15) is 0 Å². The summed E-state index contributed by atoms with van der Waals surface area (Å²) < 4.78 is 5.72. The second-order valence-electron chi connectivity index (χ2n) is 4.61. The van der Waals surface area contributed by atoms with Crippen LogP contribution in [0.5, 0.6) is 5.75 Å². The van der Waals surface area contributed by atoms with Gasteiger partial charge in [-0.05, 0) is 45.0 Å². The number of likely N-dealkylation sites (tertiary alicyclic amines) is 1. The first kappa shape index (κ1) is 12.9. The highest BCUT2D eigenvalue weighted by Crippen LogP contribution is 2.14. The van der Waals surface area contributed by atoms with Gasteiger partial charge in [0.05, 0.1) is 5.71 Å². The molecule has 1 saturated heterocycles. The van der Waals surface area contributed by atoms with Crippen LogP contribution in [0.15, 0.2) is 29.4 Å². The zero-order valence-corrected chi connectivity index (χ0v) is 10.8. The molecular formula is C14H20N2O2. The summed E-state index contributed by atoms with van der Waals surface area (Å²) in [6.45, 7) is 5.85. The van der Waals surface area contributed by atoms with E-state index in [1.807, 2.05) is 24.3 Å². The van der Waals surface area contributed by atoms with Crippen LogP contribution >= 0.6 is 0 Å². The Bertz CT molecular complexity index is 412. The van der Waals surface area contributed by atoms with Crippen molar-refractivity contribution in [3.63, 3.8) is 0 Å². The van der Waals surface area contributed by atoms with Crippen LogP contribution in [0.2, 0.25) is 0 Å². The van der Waals surface area contributed by atoms with Crippen molar-refractivity contribution in [3.05, 3.63) is 29.8 Å². The van der Waals surface area contributed by atoms with Gasteiger partial charge in [0.2, 0.25) is 0 Å². The van der Waals surface area contributed by atoms with Gasteiger partial charge in [-0.25, -0.2) is 0 Å². The monoisotopic (exact) mass is 248 g/mol. The number of oxime groups is 1. The normalized spacial score (nSPS) is 17.1. The highest BCUT2D eigenvalue weighted by atomic mass is 16.5. The van der Waals surface area contributed by atoms with Crippen LogP contribution in [-0.2, 0) is 0 Å². The van der Waals surface area contributed by atoms with Crippen molar-refractivity contribution in [3.8, 4) is 5.75 Å². The molecule has 1 aliphatic rings. The molecule has 0 bridgehead atoms. The second-order valence-corrected chi connectivity index (χ2v) is 4.61. The largest absolute Gasteiger partial charge is 0.492 e. The maximum atomic E-state index is 8.74. The second kappa shape index (κ2) is 6.40. The van der Waals surface area contributed by atoms with Gasteiger partial charge >= 0.3 is 0 Å². The van der Waals surface area contributed by atoms with Crippen molar-refractivity contribution in [1.82, 2.24) is 4.90 Å². The van der Waals surface area contributed by atoms with E-state index in [4.69, 9.17) is 9.94 Å². The van der Waals surface area contributed by atoms with Crippen LogP contribution in [0, 0.1) is 0 Å². The van der Waals surface area contributed by atoms with Gasteiger partial charge in [0.15, 0.2) is 0 Å². The van der Waals surface area contributed by atoms with Crippen LogP contribution in [0.4, 0.5) is 0 Å². The Hall–Kier alpha value is -1.55. The third kappa shape index (κ3) is 3.47. The molecule has 0 unspecified atom stereocenters. The van der Waals surface area contributed by atoms with Crippen LogP contribution in [0.3, 0.4) is 0 Å². The SMILES string of the molecule is C/C(=N/O)c1cccc(OCCN2CCCC2)c1. The van der Waals surface area contributed by atoms with Gasteiger partial charge in [0, 0.05) is 12.1 Å². The van der Waals surface area contributed by atoms with E-state index in [0.717, 1.165) is 17.9 Å². The van der Waals surface area contributed by atoms with Gasteiger partial charge in [0.1, 0.15) is 12.4 Å². The van der Waals surface area contributed by atoms with Crippen molar-refractivity contribution in [2.75, 3.05) is 26.2 Å². The zero-order chi connectivity index (χ0) is 12.8. The van der Waals surface area contributed by atoms with Crippen molar-refractivity contribution < 1.29 is 9.94 Å². The van der Waals surface area contributed by atoms with E-state index >= 15 is 0 Å². The number of hydrogen-bond acceptors (Lipinski definition) is 4. The number of nitrogens with zero attached hydrogens (tertiary/aromatic N) is 2. The van der Waals surface area contributed by atoms with Crippen molar-refractivity contribution in [2.24, 2.45) is 5.16 Å². The molecule has 1 aliphatic heterocycles. The number of ether oxygens (including phenoxy) is 1. The zero-order valence-electron chi connectivity index (χ0n) is 10.8. The van der Waals surface area contributed by atoms with Crippen LogP contribution in [0.25, 0.3) is 0 Å². The molecule has 2 rings (SSSR count). The Balaban J connectivity index is 1.85. The van der Waals surface area contributed by atoms with Gasteiger partial charge in [-0.3, -0.25) is 4.90 Å². The number of rotatable bonds is 5. The maximum Gasteiger partial charge on any atom is 0.120 e. The highest BCUT2D eigenvalue weighted by Gasteiger charge is 2.10. The van der Waals surface area contributed by atoms with Crippen molar-refractivity contribution >= 4 is 5.71 Å². The van der Waals surface area contributed by atoms with Gasteiger partial charge in [0.25, 0.3) is 0 Å². The molecule has 0 spiro atoms. The highest BCUT2D eigenvalue weighted by molar-refractivity contribution is 5.98. The van der Waals surface area contributed by atoms with Gasteiger partial charge in [-0.1, -0.05) is 17.3 Å². The van der Waals surface area contributed by atoms with E-state index in [0.29, 0.717) is 12.3 Å². The fourth-order valence-electron chi connectivity index (χ4n) is 2.17. The standard InChI is InChI=1S/C14H20N2O2/c1-12(15-17)13-5-4-6-14(11-13)18-10-9-16-7-2-3-8-16/h4-6,11,17H,2-3,7-10H2,1H3/b15-12-. The van der Waals surface area contributed by atoms with Crippen molar-refractivity contribution in [1.29, 1.82) is 0 Å². The molecule has 1 N–H and O–H groups in total. The Morgan fingerprint density at radius 1 is 1.39 bits per heavy atom. The molecule has 18 heavy (non-hydrogen) atoms. The lowest BCUT2D eigenvalue weighted by atomic mass is 10.1. The fraction of sp³-hybridized carbons (Fsp3) is 0.500. The minimum Gasteiger partial charge on any atom is -0.492 e. The third-order valence-electron chi connectivity index (χ3n) is 3.28. The summed E-state index contributed by atoms with van der Waals surface area (Å²) in [7, 11) is 0.